The summed E-state index contributed by atoms with van der Waals surface area (Å²) in [5, 5.41) is 7.95. The fourth-order valence-electron chi connectivity index (χ4n) is 7.79. The molecule has 49 heavy (non-hydrogen) atoms. The highest BCUT2D eigenvalue weighted by molar-refractivity contribution is 7.00. The van der Waals surface area contributed by atoms with Crippen LogP contribution in [-0.2, 0) is 6.42 Å². The van der Waals surface area contributed by atoms with Gasteiger partial charge in [-0.3, -0.25) is 0 Å². The van der Waals surface area contributed by atoms with Crippen molar-refractivity contribution in [1.82, 2.24) is 9.13 Å². The summed E-state index contributed by atoms with van der Waals surface area (Å²) in [6.07, 6.45) is 1.06. The molecule has 0 saturated heterocycles. The first-order chi connectivity index (χ1) is 24.0. The lowest BCUT2D eigenvalue weighted by molar-refractivity contribution is 1.14. The van der Waals surface area contributed by atoms with Gasteiger partial charge in [-0.15, -0.1) is 0 Å². The van der Waals surface area contributed by atoms with Crippen molar-refractivity contribution in [3.05, 3.63) is 169 Å². The second-order valence-electron chi connectivity index (χ2n) is 13.7. The lowest BCUT2D eigenvalue weighted by atomic mass is 10.0. The fraction of sp³-hybridized carbons (Fsp3) is 0.0870. The van der Waals surface area contributed by atoms with Crippen molar-refractivity contribution >= 4 is 62.1 Å². The van der Waals surface area contributed by atoms with E-state index in [1.165, 1.54) is 82.1 Å². The number of hydrogen-bond acceptors (Lipinski definition) is 0. The van der Waals surface area contributed by atoms with Crippen molar-refractivity contribution in [3.63, 3.8) is 0 Å². The molecule has 0 amide bonds. The first kappa shape index (κ1) is 29.5. The first-order valence-electron chi connectivity index (χ1n) is 17.3. The predicted octanol–water partition coefficient (Wildman–Crippen LogP) is 10.9. The monoisotopic (exact) mass is 646 g/mol. The van der Waals surface area contributed by atoms with Gasteiger partial charge < -0.3 is 9.13 Å². The summed E-state index contributed by atoms with van der Waals surface area (Å²) in [5.74, 6) is 0. The maximum absolute atomic E-state index is 2.50. The highest BCUT2D eigenvalue weighted by Gasteiger charge is 2.28. The van der Waals surface area contributed by atoms with Gasteiger partial charge in [0.25, 0.3) is 0 Å². The van der Waals surface area contributed by atoms with E-state index < -0.39 is 8.07 Å². The van der Waals surface area contributed by atoms with E-state index in [1.807, 2.05) is 0 Å². The number of benzene rings is 7. The van der Waals surface area contributed by atoms with Crippen molar-refractivity contribution in [3.8, 4) is 22.5 Å². The number of fused-ring (bicyclic) bond motifs is 6. The molecular weight excluding hydrogens is 609 g/mol. The van der Waals surface area contributed by atoms with Gasteiger partial charge in [0, 0.05) is 32.9 Å². The Morgan fingerprint density at radius 3 is 1.16 bits per heavy atom. The van der Waals surface area contributed by atoms with Gasteiger partial charge in [0.2, 0.25) is 0 Å². The average molecular weight is 647 g/mol. The summed E-state index contributed by atoms with van der Waals surface area (Å²) in [6, 6.07) is 61.0. The Bertz CT molecular complexity index is 2420. The predicted molar refractivity (Wildman–Crippen MR) is 213 cm³/mol. The van der Waals surface area contributed by atoms with Crippen molar-refractivity contribution in [1.29, 1.82) is 0 Å². The number of aromatic nitrogens is 2. The molecule has 2 aromatic heterocycles. The van der Waals surface area contributed by atoms with Gasteiger partial charge in [-0.05, 0) is 65.6 Å². The van der Waals surface area contributed by atoms with E-state index in [0.717, 1.165) is 6.42 Å². The molecule has 0 N–H and O–H groups in total. The summed E-state index contributed by atoms with van der Waals surface area (Å²) >= 11 is 0. The van der Waals surface area contributed by atoms with Crippen LogP contribution in [0.1, 0.15) is 12.5 Å². The summed E-state index contributed by atoms with van der Waals surface area (Å²) < 4.78 is 4.94. The standard InChI is InChI=1S/C46H38N2Si/c1-4-32-21-23-33(24-22-32)34-25-27-37(28-26-34)49(2,3)38-30-35(47-43-17-9-5-13-39(43)40-14-6-10-18-44(40)47)29-36(31-38)48-45-19-11-7-15-41(45)42-16-8-12-20-46(42)48/h5-31H,4H2,1-3H3. The fourth-order valence-corrected chi connectivity index (χ4v) is 10.1. The quantitative estimate of drug-likeness (QED) is 0.159. The van der Waals surface area contributed by atoms with Crippen molar-refractivity contribution < 1.29 is 0 Å². The molecule has 0 atom stereocenters. The Balaban J connectivity index is 1.28. The summed E-state index contributed by atoms with van der Waals surface area (Å²) in [6.45, 7) is 7.21. The molecule has 7 aromatic carbocycles. The van der Waals surface area contributed by atoms with Gasteiger partial charge in [-0.1, -0.05) is 152 Å². The number of aryl methyl sites for hydroxylation is 1. The van der Waals surface area contributed by atoms with Gasteiger partial charge >= 0.3 is 0 Å². The Morgan fingerprint density at radius 1 is 0.408 bits per heavy atom. The molecule has 0 unspecified atom stereocenters. The summed E-state index contributed by atoms with van der Waals surface area (Å²) in [7, 11) is -2.18. The molecule has 0 radical (unpaired) electrons. The van der Waals surface area contributed by atoms with Gasteiger partial charge in [0.05, 0.1) is 22.1 Å². The topological polar surface area (TPSA) is 9.86 Å². The number of rotatable bonds is 6. The van der Waals surface area contributed by atoms with E-state index in [2.05, 4.69) is 193 Å². The van der Waals surface area contributed by atoms with E-state index in [4.69, 9.17) is 0 Å². The Morgan fingerprint density at radius 2 is 0.776 bits per heavy atom. The zero-order valence-corrected chi connectivity index (χ0v) is 29.2. The minimum atomic E-state index is -2.18. The average Bonchev–Trinajstić information content (AvgIpc) is 3.68. The van der Waals surface area contributed by atoms with Crippen molar-refractivity contribution in [2.45, 2.75) is 26.4 Å². The minimum absolute atomic E-state index is 1.06. The molecule has 236 valence electrons. The molecule has 0 fully saturated rings. The lowest BCUT2D eigenvalue weighted by Gasteiger charge is -2.26. The molecule has 0 spiro atoms. The van der Waals surface area contributed by atoms with E-state index >= 15 is 0 Å². The first-order valence-corrected chi connectivity index (χ1v) is 20.3. The zero-order chi connectivity index (χ0) is 33.1. The third-order valence-corrected chi connectivity index (χ3v) is 14.1. The van der Waals surface area contributed by atoms with Crippen LogP contribution in [0.3, 0.4) is 0 Å². The second kappa shape index (κ2) is 11.5. The van der Waals surface area contributed by atoms with Crippen molar-refractivity contribution in [2.24, 2.45) is 0 Å². The Labute approximate surface area is 288 Å². The molecule has 0 aliphatic carbocycles. The van der Waals surface area contributed by atoms with Crippen molar-refractivity contribution in [2.75, 3.05) is 0 Å². The molecule has 0 aliphatic rings. The van der Waals surface area contributed by atoms with Gasteiger partial charge in [-0.25, -0.2) is 0 Å². The SMILES string of the molecule is CCc1ccc(-c2ccc([Si](C)(C)c3cc(-n4c5ccccc5c5ccccc54)cc(-n4c5ccccc5c5ccccc54)c3)cc2)cc1. The highest BCUT2D eigenvalue weighted by Crippen LogP contribution is 2.35. The summed E-state index contributed by atoms with van der Waals surface area (Å²) in [5.41, 5.74) is 11.2. The third-order valence-electron chi connectivity index (χ3n) is 10.6. The van der Waals surface area contributed by atoms with Gasteiger partial charge in [-0.2, -0.15) is 0 Å². The number of nitrogens with zero attached hydrogens (tertiary/aromatic N) is 2. The normalized spacial score (nSPS) is 12.1. The van der Waals surface area contributed by atoms with Crippen LogP contribution in [0.2, 0.25) is 13.1 Å². The van der Waals surface area contributed by atoms with E-state index in [0.29, 0.717) is 0 Å². The van der Waals surface area contributed by atoms with Crippen LogP contribution in [0.4, 0.5) is 0 Å². The zero-order valence-electron chi connectivity index (χ0n) is 28.2. The summed E-state index contributed by atoms with van der Waals surface area (Å²) in [4.78, 5) is 0. The molecule has 9 aromatic rings. The second-order valence-corrected chi connectivity index (χ2v) is 18.1. The van der Waals surface area contributed by atoms with Gasteiger partial charge in [0.1, 0.15) is 8.07 Å². The highest BCUT2D eigenvalue weighted by atomic mass is 28.3. The smallest absolute Gasteiger partial charge is 0.112 e. The minimum Gasteiger partial charge on any atom is -0.309 e. The molecule has 0 saturated carbocycles. The molecule has 2 heterocycles. The maximum Gasteiger partial charge on any atom is 0.112 e. The van der Waals surface area contributed by atoms with E-state index in [-0.39, 0.29) is 0 Å². The Hall–Kier alpha value is -5.64. The molecular formula is C46H38N2Si. The van der Waals surface area contributed by atoms with E-state index in [9.17, 15) is 0 Å². The lowest BCUT2D eigenvalue weighted by Crippen LogP contribution is -2.53. The van der Waals surface area contributed by atoms with Crippen LogP contribution in [-0.4, -0.2) is 17.2 Å². The largest absolute Gasteiger partial charge is 0.309 e. The Kier molecular flexibility index (Phi) is 6.92. The van der Waals surface area contributed by atoms with Gasteiger partial charge in [0.15, 0.2) is 0 Å². The molecule has 2 nitrogen and oxygen atoms in total. The van der Waals surface area contributed by atoms with Crippen LogP contribution in [0, 0.1) is 0 Å². The van der Waals surface area contributed by atoms with Crippen LogP contribution in [0.15, 0.2) is 164 Å². The van der Waals surface area contributed by atoms with E-state index in [1.54, 1.807) is 0 Å². The van der Waals surface area contributed by atoms with Crippen LogP contribution < -0.4 is 10.4 Å². The molecule has 0 bridgehead atoms. The molecule has 3 heteroatoms. The maximum atomic E-state index is 2.50. The van der Waals surface area contributed by atoms with Crippen LogP contribution >= 0.6 is 0 Å². The molecule has 0 aliphatic heterocycles. The third kappa shape index (κ3) is 4.76. The molecule has 9 rings (SSSR count). The number of para-hydroxylation sites is 4. The van der Waals surface area contributed by atoms with Crippen LogP contribution in [0.5, 0.6) is 0 Å². The van der Waals surface area contributed by atoms with Crippen LogP contribution in [0.25, 0.3) is 66.1 Å². The number of hydrogen-bond donors (Lipinski definition) is 0.